The lowest BCUT2D eigenvalue weighted by molar-refractivity contribution is 0.588. The van der Waals surface area contributed by atoms with Gasteiger partial charge >= 0.3 is 0 Å². The summed E-state index contributed by atoms with van der Waals surface area (Å²) in [5.41, 5.74) is 9.29. The van der Waals surface area contributed by atoms with Gasteiger partial charge in [0.25, 0.3) is 0 Å². The zero-order valence-corrected chi connectivity index (χ0v) is 12.9. The van der Waals surface area contributed by atoms with Gasteiger partial charge in [0.2, 0.25) is 10.0 Å². The topological polar surface area (TPSA) is 84.2 Å². The Labute approximate surface area is 122 Å². The van der Waals surface area contributed by atoms with Gasteiger partial charge in [0.1, 0.15) is 4.90 Å². The van der Waals surface area contributed by atoms with E-state index in [-0.39, 0.29) is 10.6 Å². The molecule has 0 saturated heterocycles. The SMILES string of the molecule is CNS(=O)(=O)c1ccc(NCc2cscc2C)cc1N. The maximum atomic E-state index is 11.7. The second-order valence-corrected chi connectivity index (χ2v) is 6.99. The maximum Gasteiger partial charge on any atom is 0.242 e. The van der Waals surface area contributed by atoms with Crippen LogP contribution in [0.2, 0.25) is 0 Å². The first kappa shape index (κ1) is 14.8. The predicted octanol–water partition coefficient (Wildman–Crippen LogP) is 2.16. The molecule has 1 aromatic heterocycles. The van der Waals surface area contributed by atoms with Crippen molar-refractivity contribution in [3.63, 3.8) is 0 Å². The van der Waals surface area contributed by atoms with Crippen molar-refractivity contribution in [3.8, 4) is 0 Å². The summed E-state index contributed by atoms with van der Waals surface area (Å²) in [6, 6.07) is 4.85. The molecule has 0 bridgehead atoms. The first-order chi connectivity index (χ1) is 9.44. The van der Waals surface area contributed by atoms with Gasteiger partial charge in [-0.3, -0.25) is 0 Å². The van der Waals surface area contributed by atoms with Crippen molar-refractivity contribution in [1.82, 2.24) is 4.72 Å². The highest BCUT2D eigenvalue weighted by molar-refractivity contribution is 7.89. The Hall–Kier alpha value is -1.57. The summed E-state index contributed by atoms with van der Waals surface area (Å²) >= 11 is 1.66. The molecule has 1 heterocycles. The molecule has 0 fully saturated rings. The van der Waals surface area contributed by atoms with Crippen LogP contribution in [-0.2, 0) is 16.6 Å². The molecule has 0 radical (unpaired) electrons. The smallest absolute Gasteiger partial charge is 0.242 e. The van der Waals surface area contributed by atoms with E-state index in [0.717, 1.165) is 5.69 Å². The number of nitrogens with two attached hydrogens (primary N) is 1. The van der Waals surface area contributed by atoms with Gasteiger partial charge in [0.15, 0.2) is 0 Å². The number of rotatable bonds is 5. The zero-order valence-electron chi connectivity index (χ0n) is 11.3. The molecule has 2 rings (SSSR count). The number of anilines is 2. The minimum atomic E-state index is -3.51. The Kier molecular flexibility index (Phi) is 4.32. The van der Waals surface area contributed by atoms with E-state index in [9.17, 15) is 8.42 Å². The first-order valence-corrected chi connectivity index (χ1v) is 8.45. The third-order valence-electron chi connectivity index (χ3n) is 3.01. The van der Waals surface area contributed by atoms with Crippen molar-refractivity contribution < 1.29 is 8.42 Å². The number of nitrogens with one attached hydrogen (secondary N) is 2. The molecule has 2 aromatic rings. The van der Waals surface area contributed by atoms with Gasteiger partial charge in [-0.05, 0) is 54.1 Å². The molecular weight excluding hydrogens is 294 g/mol. The van der Waals surface area contributed by atoms with Crippen molar-refractivity contribution in [1.29, 1.82) is 0 Å². The van der Waals surface area contributed by atoms with Gasteiger partial charge < -0.3 is 11.1 Å². The van der Waals surface area contributed by atoms with Crippen LogP contribution in [0.1, 0.15) is 11.1 Å². The molecule has 0 aliphatic heterocycles. The molecule has 1 aromatic carbocycles. The maximum absolute atomic E-state index is 11.7. The Morgan fingerprint density at radius 2 is 2.05 bits per heavy atom. The van der Waals surface area contributed by atoms with Crippen LogP contribution in [0, 0.1) is 6.92 Å². The summed E-state index contributed by atoms with van der Waals surface area (Å²) in [7, 11) is -2.15. The number of hydrogen-bond donors (Lipinski definition) is 3. The monoisotopic (exact) mass is 311 g/mol. The van der Waals surface area contributed by atoms with Gasteiger partial charge in [-0.2, -0.15) is 11.3 Å². The van der Waals surface area contributed by atoms with Gasteiger partial charge in [-0.15, -0.1) is 0 Å². The van der Waals surface area contributed by atoms with Crippen LogP contribution < -0.4 is 15.8 Å². The molecule has 0 unspecified atom stereocenters. The van der Waals surface area contributed by atoms with E-state index >= 15 is 0 Å². The lowest BCUT2D eigenvalue weighted by atomic mass is 10.2. The van der Waals surface area contributed by atoms with Crippen LogP contribution in [0.15, 0.2) is 33.9 Å². The van der Waals surface area contributed by atoms with Crippen LogP contribution in [0.3, 0.4) is 0 Å². The summed E-state index contributed by atoms with van der Waals surface area (Å²) < 4.78 is 25.7. The second kappa shape index (κ2) is 5.82. The van der Waals surface area contributed by atoms with E-state index in [1.807, 2.05) is 0 Å². The Balaban J connectivity index is 2.16. The highest BCUT2D eigenvalue weighted by atomic mass is 32.2. The molecule has 0 aliphatic carbocycles. The molecule has 108 valence electrons. The third kappa shape index (κ3) is 3.12. The number of aryl methyl sites for hydroxylation is 1. The average molecular weight is 311 g/mol. The fourth-order valence-electron chi connectivity index (χ4n) is 1.78. The van der Waals surface area contributed by atoms with Gasteiger partial charge in [0, 0.05) is 12.2 Å². The lowest BCUT2D eigenvalue weighted by Crippen LogP contribution is -2.20. The number of nitrogen functional groups attached to an aromatic ring is 1. The Morgan fingerprint density at radius 3 is 2.60 bits per heavy atom. The van der Waals surface area contributed by atoms with Crippen LogP contribution >= 0.6 is 11.3 Å². The molecule has 0 saturated carbocycles. The standard InChI is InChI=1S/C13H17N3O2S2/c1-9-7-19-8-10(9)6-16-11-3-4-13(12(14)5-11)20(17,18)15-2/h3-5,7-8,15-16H,6,14H2,1-2H3. The van der Waals surface area contributed by atoms with Crippen molar-refractivity contribution in [2.24, 2.45) is 0 Å². The quantitative estimate of drug-likeness (QED) is 0.739. The molecule has 5 nitrogen and oxygen atoms in total. The van der Waals surface area contributed by atoms with Crippen molar-refractivity contribution in [2.75, 3.05) is 18.1 Å². The molecule has 0 aliphatic rings. The van der Waals surface area contributed by atoms with E-state index in [0.29, 0.717) is 6.54 Å². The molecule has 0 atom stereocenters. The van der Waals surface area contributed by atoms with E-state index in [1.165, 1.54) is 24.2 Å². The van der Waals surface area contributed by atoms with E-state index < -0.39 is 10.0 Å². The fourth-order valence-corrected chi connectivity index (χ4v) is 3.47. The summed E-state index contributed by atoms with van der Waals surface area (Å²) in [5.74, 6) is 0. The summed E-state index contributed by atoms with van der Waals surface area (Å²) in [5, 5.41) is 7.42. The minimum absolute atomic E-state index is 0.0947. The van der Waals surface area contributed by atoms with Crippen LogP contribution in [0.4, 0.5) is 11.4 Å². The molecule has 20 heavy (non-hydrogen) atoms. The minimum Gasteiger partial charge on any atom is -0.398 e. The average Bonchev–Trinajstić information content (AvgIpc) is 2.81. The molecular formula is C13H17N3O2S2. The first-order valence-electron chi connectivity index (χ1n) is 6.02. The summed E-state index contributed by atoms with van der Waals surface area (Å²) in [6.07, 6.45) is 0. The Bertz CT molecular complexity index is 708. The molecule has 0 amide bonds. The van der Waals surface area contributed by atoms with Gasteiger partial charge in [-0.25, -0.2) is 13.1 Å². The van der Waals surface area contributed by atoms with Crippen molar-refractivity contribution >= 4 is 32.7 Å². The predicted molar refractivity (Wildman–Crippen MR) is 83.5 cm³/mol. The van der Waals surface area contributed by atoms with Crippen molar-refractivity contribution in [2.45, 2.75) is 18.4 Å². The Morgan fingerprint density at radius 1 is 1.30 bits per heavy atom. The number of benzene rings is 1. The van der Waals surface area contributed by atoms with E-state index in [1.54, 1.807) is 23.5 Å². The number of thiophene rings is 1. The fraction of sp³-hybridized carbons (Fsp3) is 0.231. The molecule has 7 heteroatoms. The second-order valence-electron chi connectivity index (χ2n) is 4.39. The molecule has 0 spiro atoms. The highest BCUT2D eigenvalue weighted by Crippen LogP contribution is 2.23. The third-order valence-corrected chi connectivity index (χ3v) is 5.41. The lowest BCUT2D eigenvalue weighted by Gasteiger charge is -2.10. The van der Waals surface area contributed by atoms with Crippen LogP contribution in [0.25, 0.3) is 0 Å². The molecule has 4 N–H and O–H groups in total. The van der Waals surface area contributed by atoms with Crippen LogP contribution in [0.5, 0.6) is 0 Å². The zero-order chi connectivity index (χ0) is 14.8. The summed E-state index contributed by atoms with van der Waals surface area (Å²) in [4.78, 5) is 0.0947. The van der Waals surface area contributed by atoms with Crippen LogP contribution in [-0.4, -0.2) is 15.5 Å². The van der Waals surface area contributed by atoms with Gasteiger partial charge in [0.05, 0.1) is 5.69 Å². The largest absolute Gasteiger partial charge is 0.398 e. The van der Waals surface area contributed by atoms with E-state index in [2.05, 4.69) is 27.7 Å². The number of sulfonamides is 1. The highest BCUT2D eigenvalue weighted by Gasteiger charge is 2.15. The summed E-state index contributed by atoms with van der Waals surface area (Å²) in [6.45, 7) is 2.75. The number of hydrogen-bond acceptors (Lipinski definition) is 5. The van der Waals surface area contributed by atoms with E-state index in [4.69, 9.17) is 5.73 Å². The van der Waals surface area contributed by atoms with Gasteiger partial charge in [-0.1, -0.05) is 0 Å². The normalized spacial score (nSPS) is 11.5. The van der Waals surface area contributed by atoms with Crippen molar-refractivity contribution in [3.05, 3.63) is 40.1 Å².